The van der Waals surface area contributed by atoms with Crippen LogP contribution in [0.15, 0.2) is 88.1 Å². The van der Waals surface area contributed by atoms with Gasteiger partial charge < -0.3 is 0 Å². The summed E-state index contributed by atoms with van der Waals surface area (Å²) in [4.78, 5) is 15.9. The topological polar surface area (TPSA) is 38.7 Å². The molecule has 0 saturated carbocycles. The number of rotatable bonds is 2. The van der Waals surface area contributed by atoms with Crippen molar-refractivity contribution in [2.45, 2.75) is 9.24 Å². The van der Waals surface area contributed by atoms with Gasteiger partial charge in [0.1, 0.15) is 0 Å². The molecule has 0 bridgehead atoms. The van der Waals surface area contributed by atoms with E-state index in [-0.39, 0.29) is 0 Å². The lowest BCUT2D eigenvalue weighted by Gasteiger charge is -2.07. The number of para-hydroxylation sites is 3. The van der Waals surface area contributed by atoms with Gasteiger partial charge in [-0.25, -0.2) is 15.0 Å². The monoisotopic (exact) mass is 419 g/mol. The van der Waals surface area contributed by atoms with Crippen LogP contribution in [0.2, 0.25) is 0 Å². The molecular formula is C25H13N3S2. The van der Waals surface area contributed by atoms with Crippen LogP contribution < -0.4 is 0 Å². The Balaban J connectivity index is 1.43. The maximum absolute atomic E-state index is 4.96. The molecule has 0 spiro atoms. The third-order valence-corrected chi connectivity index (χ3v) is 7.73. The summed E-state index contributed by atoms with van der Waals surface area (Å²) in [5.74, 6) is 0. The molecule has 2 aromatic heterocycles. The molecule has 4 aromatic carbocycles. The summed E-state index contributed by atoms with van der Waals surface area (Å²) in [5, 5.41) is 2.48. The summed E-state index contributed by atoms with van der Waals surface area (Å²) < 4.78 is 2.29. The Hall–Kier alpha value is -3.28. The van der Waals surface area contributed by atoms with E-state index in [4.69, 9.17) is 15.0 Å². The fourth-order valence-electron chi connectivity index (χ4n) is 4.23. The first-order valence-electron chi connectivity index (χ1n) is 9.72. The van der Waals surface area contributed by atoms with Crippen LogP contribution in [0.3, 0.4) is 0 Å². The SMILES string of the molecule is c1ccc2nc3c(nc2c1)-c1cccc2c(Sc4nc5ccccc5s4)ccc-3c12. The lowest BCUT2D eigenvalue weighted by molar-refractivity contribution is 1.30. The van der Waals surface area contributed by atoms with Gasteiger partial charge in [0.05, 0.1) is 32.6 Å². The standard InChI is InChI=1S/C25H13N3S2/c1-2-9-18-17(8-1)26-23-15-7-5-6-14-20(13-12-16(22(14)15)24(23)27-18)29-25-28-19-10-3-4-11-21(19)30-25/h1-13H. The second-order valence-corrected chi connectivity index (χ2v) is 9.62. The molecule has 5 heteroatoms. The van der Waals surface area contributed by atoms with Crippen LogP contribution in [0.4, 0.5) is 0 Å². The zero-order valence-electron chi connectivity index (χ0n) is 15.7. The highest BCUT2D eigenvalue weighted by Gasteiger charge is 2.26. The zero-order valence-corrected chi connectivity index (χ0v) is 17.3. The molecule has 0 unspecified atom stereocenters. The van der Waals surface area contributed by atoms with Crippen molar-refractivity contribution in [2.75, 3.05) is 0 Å². The van der Waals surface area contributed by atoms with Gasteiger partial charge in [0.15, 0.2) is 4.34 Å². The van der Waals surface area contributed by atoms with Crippen LogP contribution in [0.5, 0.6) is 0 Å². The van der Waals surface area contributed by atoms with Crippen LogP contribution in [0.1, 0.15) is 0 Å². The van der Waals surface area contributed by atoms with E-state index in [0.717, 1.165) is 32.3 Å². The Morgan fingerprint density at radius 1 is 0.600 bits per heavy atom. The Morgan fingerprint density at radius 3 is 2.07 bits per heavy atom. The molecular weight excluding hydrogens is 406 g/mol. The van der Waals surface area contributed by atoms with E-state index in [1.165, 1.54) is 31.5 Å². The zero-order chi connectivity index (χ0) is 19.7. The molecule has 0 radical (unpaired) electrons. The first kappa shape index (κ1) is 16.5. The molecule has 0 amide bonds. The molecule has 7 rings (SSSR count). The van der Waals surface area contributed by atoms with E-state index >= 15 is 0 Å². The number of thiazole rings is 1. The van der Waals surface area contributed by atoms with Gasteiger partial charge in [-0.15, -0.1) is 11.3 Å². The Morgan fingerprint density at radius 2 is 1.30 bits per heavy atom. The number of aromatic nitrogens is 3. The smallest absolute Gasteiger partial charge is 0.155 e. The Bertz CT molecular complexity index is 1550. The molecule has 2 heterocycles. The number of fused-ring (bicyclic) bond motifs is 5. The summed E-state index contributed by atoms with van der Waals surface area (Å²) in [7, 11) is 0. The highest BCUT2D eigenvalue weighted by Crippen LogP contribution is 2.49. The minimum atomic E-state index is 0.935. The quantitative estimate of drug-likeness (QED) is 0.297. The van der Waals surface area contributed by atoms with E-state index in [0.29, 0.717) is 0 Å². The minimum absolute atomic E-state index is 0.935. The maximum atomic E-state index is 4.96. The number of hydrogen-bond donors (Lipinski definition) is 0. The van der Waals surface area contributed by atoms with Gasteiger partial charge in [0.25, 0.3) is 0 Å². The molecule has 1 aliphatic carbocycles. The highest BCUT2D eigenvalue weighted by atomic mass is 32.2. The maximum Gasteiger partial charge on any atom is 0.155 e. The van der Waals surface area contributed by atoms with E-state index < -0.39 is 0 Å². The summed E-state index contributed by atoms with van der Waals surface area (Å²) in [5.41, 5.74) is 7.23. The van der Waals surface area contributed by atoms with Gasteiger partial charge in [-0.2, -0.15) is 0 Å². The van der Waals surface area contributed by atoms with Gasteiger partial charge in [-0.1, -0.05) is 60.3 Å². The van der Waals surface area contributed by atoms with Crippen LogP contribution in [-0.2, 0) is 0 Å². The van der Waals surface area contributed by atoms with E-state index in [2.05, 4.69) is 48.5 Å². The summed E-state index contributed by atoms with van der Waals surface area (Å²) in [6.07, 6.45) is 0. The first-order chi connectivity index (χ1) is 14.8. The molecule has 0 aliphatic heterocycles. The van der Waals surface area contributed by atoms with Crippen molar-refractivity contribution in [1.29, 1.82) is 0 Å². The minimum Gasteiger partial charge on any atom is -0.244 e. The van der Waals surface area contributed by atoms with Crippen LogP contribution in [0, 0.1) is 0 Å². The number of benzene rings is 4. The summed E-state index contributed by atoms with van der Waals surface area (Å²) in [6.45, 7) is 0. The van der Waals surface area contributed by atoms with Crippen molar-refractivity contribution in [3.63, 3.8) is 0 Å². The molecule has 0 N–H and O–H groups in total. The van der Waals surface area contributed by atoms with E-state index in [9.17, 15) is 0 Å². The first-order valence-corrected chi connectivity index (χ1v) is 11.4. The molecule has 30 heavy (non-hydrogen) atoms. The van der Waals surface area contributed by atoms with E-state index in [1.807, 2.05) is 30.3 Å². The molecule has 140 valence electrons. The lowest BCUT2D eigenvalue weighted by Crippen LogP contribution is -1.89. The second-order valence-electron chi connectivity index (χ2n) is 7.30. The molecule has 3 nitrogen and oxygen atoms in total. The molecule has 0 saturated heterocycles. The molecule has 6 aromatic rings. The average Bonchev–Trinajstić information content (AvgIpc) is 3.33. The fourth-order valence-corrected chi connectivity index (χ4v) is 6.38. The van der Waals surface area contributed by atoms with Crippen LogP contribution in [-0.4, -0.2) is 15.0 Å². The normalized spacial score (nSPS) is 12.1. The average molecular weight is 420 g/mol. The second kappa shape index (κ2) is 6.11. The van der Waals surface area contributed by atoms with Crippen molar-refractivity contribution >= 4 is 55.1 Å². The van der Waals surface area contributed by atoms with Crippen molar-refractivity contribution in [3.8, 4) is 22.5 Å². The third kappa shape index (κ3) is 2.30. The van der Waals surface area contributed by atoms with Crippen LogP contribution >= 0.6 is 23.1 Å². The third-order valence-electron chi connectivity index (χ3n) is 5.55. The largest absolute Gasteiger partial charge is 0.244 e. The number of hydrogen-bond acceptors (Lipinski definition) is 5. The van der Waals surface area contributed by atoms with Gasteiger partial charge in [0, 0.05) is 21.4 Å². The van der Waals surface area contributed by atoms with Gasteiger partial charge in [-0.05, 0) is 35.7 Å². The highest BCUT2D eigenvalue weighted by molar-refractivity contribution is 8.01. The van der Waals surface area contributed by atoms with E-state index in [1.54, 1.807) is 23.1 Å². The Kier molecular flexibility index (Phi) is 3.36. The van der Waals surface area contributed by atoms with Crippen LogP contribution in [0.25, 0.3) is 54.5 Å². The van der Waals surface area contributed by atoms with Gasteiger partial charge in [-0.3, -0.25) is 0 Å². The predicted molar refractivity (Wildman–Crippen MR) is 125 cm³/mol. The lowest BCUT2D eigenvalue weighted by atomic mass is 10.0. The van der Waals surface area contributed by atoms with Crippen molar-refractivity contribution in [2.24, 2.45) is 0 Å². The van der Waals surface area contributed by atoms with Crippen molar-refractivity contribution in [1.82, 2.24) is 15.0 Å². The predicted octanol–water partition coefficient (Wildman–Crippen LogP) is 7.19. The van der Waals surface area contributed by atoms with Gasteiger partial charge in [0.2, 0.25) is 0 Å². The van der Waals surface area contributed by atoms with Crippen molar-refractivity contribution in [3.05, 3.63) is 78.9 Å². The molecule has 0 fully saturated rings. The summed E-state index contributed by atoms with van der Waals surface area (Å²) in [6, 6.07) is 27.3. The summed E-state index contributed by atoms with van der Waals surface area (Å²) >= 11 is 3.48. The Labute approximate surface area is 180 Å². The number of nitrogens with zero attached hydrogens (tertiary/aromatic N) is 3. The van der Waals surface area contributed by atoms with Crippen molar-refractivity contribution < 1.29 is 0 Å². The fraction of sp³-hybridized carbons (Fsp3) is 0. The molecule has 1 aliphatic rings. The molecule has 0 atom stereocenters. The van der Waals surface area contributed by atoms with Gasteiger partial charge >= 0.3 is 0 Å².